The number of thiol groups is 1. The van der Waals surface area contributed by atoms with Gasteiger partial charge in [0.25, 0.3) is 0 Å². The number of hydrogen-bond donors (Lipinski definition) is 3. The first-order chi connectivity index (χ1) is 9.21. The summed E-state index contributed by atoms with van der Waals surface area (Å²) in [6.07, 6.45) is 2.63. The van der Waals surface area contributed by atoms with Gasteiger partial charge in [0.05, 0.1) is 18.6 Å². The average molecular weight is 299 g/mol. The lowest BCUT2D eigenvalue weighted by Gasteiger charge is -2.20. The molecule has 3 nitrogen and oxygen atoms in total. The average Bonchev–Trinajstić information content (AvgIpc) is 2.45. The molecule has 0 radical (unpaired) electrons. The van der Waals surface area contributed by atoms with Crippen LogP contribution in [0.3, 0.4) is 0 Å². The second-order valence-electron chi connectivity index (χ2n) is 4.41. The van der Waals surface area contributed by atoms with E-state index in [4.69, 9.17) is 0 Å². The van der Waals surface area contributed by atoms with Crippen LogP contribution in [-0.4, -0.2) is 41.4 Å². The molecule has 5 heteroatoms. The number of nitrogens with one attached hydrogen (secondary N) is 1. The van der Waals surface area contributed by atoms with E-state index in [1.807, 2.05) is 36.6 Å². The third-order valence-electron chi connectivity index (χ3n) is 2.85. The fourth-order valence-electron chi connectivity index (χ4n) is 1.80. The molecule has 1 amide bonds. The van der Waals surface area contributed by atoms with Crippen LogP contribution in [0.2, 0.25) is 0 Å². The van der Waals surface area contributed by atoms with Gasteiger partial charge in [-0.05, 0) is 18.2 Å². The van der Waals surface area contributed by atoms with Crippen molar-refractivity contribution in [1.82, 2.24) is 5.32 Å². The zero-order valence-electron chi connectivity index (χ0n) is 11.1. The van der Waals surface area contributed by atoms with Crippen molar-refractivity contribution in [2.24, 2.45) is 5.92 Å². The van der Waals surface area contributed by atoms with E-state index in [9.17, 15) is 9.90 Å². The molecule has 2 N–H and O–H groups in total. The van der Waals surface area contributed by atoms with Crippen molar-refractivity contribution in [1.29, 1.82) is 0 Å². The highest BCUT2D eigenvalue weighted by molar-refractivity contribution is 7.98. The minimum absolute atomic E-state index is 0.0305. The topological polar surface area (TPSA) is 49.3 Å². The Labute approximate surface area is 124 Å². The molecule has 0 aliphatic carbocycles. The van der Waals surface area contributed by atoms with Gasteiger partial charge >= 0.3 is 0 Å². The summed E-state index contributed by atoms with van der Waals surface area (Å²) in [7, 11) is 0. The zero-order valence-corrected chi connectivity index (χ0v) is 12.8. The molecule has 0 unspecified atom stereocenters. The van der Waals surface area contributed by atoms with Gasteiger partial charge in [-0.15, -0.1) is 0 Å². The van der Waals surface area contributed by atoms with Gasteiger partial charge in [0.1, 0.15) is 0 Å². The van der Waals surface area contributed by atoms with Crippen molar-refractivity contribution >= 4 is 30.3 Å². The molecule has 0 aliphatic heterocycles. The number of carbonyl (C=O) groups excluding carboxylic acids is 1. The van der Waals surface area contributed by atoms with Crippen LogP contribution in [0.15, 0.2) is 30.3 Å². The van der Waals surface area contributed by atoms with Crippen LogP contribution in [0, 0.1) is 5.92 Å². The molecule has 1 aromatic rings. The number of amides is 1. The second-order valence-corrected chi connectivity index (χ2v) is 5.69. The molecule has 106 valence electrons. The normalized spacial score (nSPS) is 13.8. The molecule has 1 aromatic carbocycles. The summed E-state index contributed by atoms with van der Waals surface area (Å²) in [6.45, 7) is -0.0305. The Morgan fingerprint density at radius 3 is 2.63 bits per heavy atom. The van der Waals surface area contributed by atoms with E-state index in [-0.39, 0.29) is 24.5 Å². The highest BCUT2D eigenvalue weighted by atomic mass is 32.2. The van der Waals surface area contributed by atoms with Gasteiger partial charge in [-0.1, -0.05) is 30.3 Å². The molecular weight excluding hydrogens is 278 g/mol. The summed E-state index contributed by atoms with van der Waals surface area (Å²) in [6, 6.07) is 9.73. The Balaban J connectivity index is 2.56. The maximum Gasteiger partial charge on any atom is 0.224 e. The quantitative estimate of drug-likeness (QED) is 0.639. The third-order valence-corrected chi connectivity index (χ3v) is 4.03. The monoisotopic (exact) mass is 299 g/mol. The highest BCUT2D eigenvalue weighted by Crippen LogP contribution is 2.11. The third kappa shape index (κ3) is 5.89. The fourth-order valence-corrected chi connectivity index (χ4v) is 2.69. The Kier molecular flexibility index (Phi) is 8.02. The Morgan fingerprint density at radius 2 is 2.11 bits per heavy atom. The lowest BCUT2D eigenvalue weighted by Crippen LogP contribution is -2.43. The molecule has 1 rings (SSSR count). The van der Waals surface area contributed by atoms with E-state index in [0.29, 0.717) is 17.9 Å². The van der Waals surface area contributed by atoms with E-state index in [2.05, 4.69) is 17.9 Å². The van der Waals surface area contributed by atoms with Gasteiger partial charge in [0, 0.05) is 11.5 Å². The number of thioether (sulfide) groups is 1. The number of hydrogen-bond acceptors (Lipinski definition) is 4. The van der Waals surface area contributed by atoms with E-state index in [0.717, 1.165) is 5.56 Å². The lowest BCUT2D eigenvalue weighted by atomic mass is 10.00. The molecule has 19 heavy (non-hydrogen) atoms. The van der Waals surface area contributed by atoms with Crippen LogP contribution in [0.25, 0.3) is 0 Å². The summed E-state index contributed by atoms with van der Waals surface area (Å²) in [5, 5.41) is 12.1. The van der Waals surface area contributed by atoms with Gasteiger partial charge in [-0.3, -0.25) is 4.79 Å². The molecule has 0 spiro atoms. The van der Waals surface area contributed by atoms with Crippen LogP contribution >= 0.6 is 24.4 Å². The molecule has 0 fully saturated rings. The smallest absolute Gasteiger partial charge is 0.224 e. The molecule has 0 heterocycles. The number of aliphatic hydroxyl groups excluding tert-OH is 1. The first kappa shape index (κ1) is 16.4. The molecule has 0 saturated carbocycles. The first-order valence-electron chi connectivity index (χ1n) is 6.26. The van der Waals surface area contributed by atoms with Gasteiger partial charge in [-0.2, -0.15) is 24.4 Å². The Morgan fingerprint density at radius 1 is 1.42 bits per heavy atom. The zero-order chi connectivity index (χ0) is 14.1. The predicted molar refractivity (Wildman–Crippen MR) is 84.9 cm³/mol. The molecule has 0 aromatic heterocycles. The standard InChI is InChI=1S/C14H21NO2S2/c1-19-10-13(8-16)15-14(17)12(9-18)7-11-5-3-2-4-6-11/h2-6,12-13,16,18H,7-10H2,1H3,(H,15,17)/t12-,13-/m1/s1. The van der Waals surface area contributed by atoms with Crippen molar-refractivity contribution in [3.05, 3.63) is 35.9 Å². The summed E-state index contributed by atoms with van der Waals surface area (Å²) < 4.78 is 0. The molecule has 0 bridgehead atoms. The van der Waals surface area contributed by atoms with Crippen molar-refractivity contribution in [3.8, 4) is 0 Å². The van der Waals surface area contributed by atoms with Crippen LogP contribution in [0.1, 0.15) is 5.56 Å². The lowest BCUT2D eigenvalue weighted by molar-refractivity contribution is -0.125. The van der Waals surface area contributed by atoms with Gasteiger partial charge in [0.2, 0.25) is 5.91 Å². The number of carbonyl (C=O) groups is 1. The van der Waals surface area contributed by atoms with Crippen molar-refractivity contribution in [2.75, 3.05) is 24.4 Å². The Bertz CT molecular complexity index is 373. The molecule has 2 atom stereocenters. The summed E-state index contributed by atoms with van der Waals surface area (Å²) in [4.78, 5) is 12.1. The fraction of sp³-hybridized carbons (Fsp3) is 0.500. The number of benzene rings is 1. The highest BCUT2D eigenvalue weighted by Gasteiger charge is 2.20. The van der Waals surface area contributed by atoms with Crippen molar-refractivity contribution in [2.45, 2.75) is 12.5 Å². The van der Waals surface area contributed by atoms with Crippen LogP contribution in [0.5, 0.6) is 0 Å². The van der Waals surface area contributed by atoms with E-state index < -0.39 is 0 Å². The Hall–Kier alpha value is -0.650. The van der Waals surface area contributed by atoms with Gasteiger partial charge < -0.3 is 10.4 Å². The SMILES string of the molecule is CSC[C@@H](CO)NC(=O)[C@@H](CS)Cc1ccccc1. The van der Waals surface area contributed by atoms with Crippen LogP contribution in [-0.2, 0) is 11.2 Å². The summed E-state index contributed by atoms with van der Waals surface area (Å²) >= 11 is 5.87. The van der Waals surface area contributed by atoms with Gasteiger partial charge in [0.15, 0.2) is 0 Å². The van der Waals surface area contributed by atoms with E-state index in [1.54, 1.807) is 11.8 Å². The minimum atomic E-state index is -0.180. The number of aliphatic hydroxyl groups is 1. The largest absolute Gasteiger partial charge is 0.394 e. The molecule has 0 aliphatic rings. The summed E-state index contributed by atoms with van der Waals surface area (Å²) in [5.41, 5.74) is 1.13. The van der Waals surface area contributed by atoms with Crippen LogP contribution < -0.4 is 5.32 Å². The van der Waals surface area contributed by atoms with Gasteiger partial charge in [-0.25, -0.2) is 0 Å². The van der Waals surface area contributed by atoms with E-state index in [1.165, 1.54) is 0 Å². The first-order valence-corrected chi connectivity index (χ1v) is 8.28. The number of rotatable bonds is 8. The van der Waals surface area contributed by atoms with Crippen LogP contribution in [0.4, 0.5) is 0 Å². The van der Waals surface area contributed by atoms with E-state index >= 15 is 0 Å². The minimum Gasteiger partial charge on any atom is -0.394 e. The molecular formula is C14H21NO2S2. The maximum atomic E-state index is 12.1. The van der Waals surface area contributed by atoms with Crippen molar-refractivity contribution in [3.63, 3.8) is 0 Å². The van der Waals surface area contributed by atoms with Crippen molar-refractivity contribution < 1.29 is 9.90 Å². The second kappa shape index (κ2) is 9.28. The summed E-state index contributed by atoms with van der Waals surface area (Å²) in [5.74, 6) is 1.01. The predicted octanol–water partition coefficient (Wildman–Crippen LogP) is 1.62. The molecule has 0 saturated heterocycles. The maximum absolute atomic E-state index is 12.1.